The molecule has 3 aromatic rings. The highest BCUT2D eigenvalue weighted by Crippen LogP contribution is 2.41. The van der Waals surface area contributed by atoms with Gasteiger partial charge in [0.15, 0.2) is 6.10 Å². The number of hydrogen-bond acceptors (Lipinski definition) is 7. The number of likely N-dealkylation sites (N-methyl/N-ethyl adjacent to an activating group) is 1. The molecule has 10 heteroatoms. The van der Waals surface area contributed by atoms with Gasteiger partial charge in [0.2, 0.25) is 5.91 Å². The van der Waals surface area contributed by atoms with Crippen LogP contribution in [0.3, 0.4) is 0 Å². The quantitative estimate of drug-likeness (QED) is 0.294. The van der Waals surface area contributed by atoms with Crippen molar-refractivity contribution in [3.05, 3.63) is 61.7 Å². The highest BCUT2D eigenvalue weighted by atomic mass is 19.1. The van der Waals surface area contributed by atoms with E-state index in [1.807, 2.05) is 41.5 Å². The average Bonchev–Trinajstić information content (AvgIpc) is 3.42. The zero-order valence-corrected chi connectivity index (χ0v) is 26.6. The summed E-state index contributed by atoms with van der Waals surface area (Å²) in [6.45, 7) is 14.0. The summed E-state index contributed by atoms with van der Waals surface area (Å²) in [7, 11) is 1.60. The lowest BCUT2D eigenvalue weighted by Gasteiger charge is -2.22. The largest absolute Gasteiger partial charge is 0.458 e. The fourth-order valence-electron chi connectivity index (χ4n) is 5.74. The van der Waals surface area contributed by atoms with Crippen LogP contribution in [0.2, 0.25) is 0 Å². The second-order valence-corrected chi connectivity index (χ2v) is 10.5. The predicted molar refractivity (Wildman–Crippen MR) is 166 cm³/mol. The number of cyclic esters (lactones) is 1. The number of aliphatic hydroxyl groups excluding tert-OH is 1. The molecule has 4 N–H and O–H groups in total. The Bertz CT molecular complexity index is 1580. The molecule has 0 bridgehead atoms. The first-order chi connectivity index (χ1) is 20.6. The molecule has 4 heterocycles. The number of esters is 1. The molecule has 2 aromatic heterocycles. The standard InChI is InChI=1S/C22H17FN2O4.C7H16N2O.2C2H6/c1-9-10-3-2-4-11-13-7-25-17(19(13)24-16(18(10)11)6-15(9)23)5-12-14(21(25)27)8-29-22(28)20(12)26;1-4-5(2)6(8)7(10)9-3;2*1-2/h5-6,20,26H,2-4,7-8H2,1H3;5-6H,4,8H2,1-3H3,(H,9,10);2*1-2H3. The summed E-state index contributed by atoms with van der Waals surface area (Å²) in [5, 5.41) is 13.8. The van der Waals surface area contributed by atoms with Crippen LogP contribution in [0, 0.1) is 18.7 Å². The average molecular weight is 597 g/mol. The molecule has 1 aromatic carbocycles. The van der Waals surface area contributed by atoms with Crippen LogP contribution in [0.4, 0.5) is 4.39 Å². The van der Waals surface area contributed by atoms with Crippen LogP contribution in [-0.2, 0) is 40.3 Å². The zero-order chi connectivity index (χ0) is 32.2. The number of nitrogens with two attached hydrogens (primary N) is 1. The number of pyridine rings is 2. The first kappa shape index (κ1) is 33.9. The molecule has 0 radical (unpaired) electrons. The molecule has 0 fully saturated rings. The van der Waals surface area contributed by atoms with Crippen LogP contribution < -0.4 is 16.6 Å². The number of ether oxygens (including phenoxy) is 1. The number of aryl methyl sites for hydroxylation is 2. The van der Waals surface area contributed by atoms with Gasteiger partial charge in [-0.05, 0) is 54.9 Å². The van der Waals surface area contributed by atoms with E-state index in [0.717, 1.165) is 47.8 Å². The van der Waals surface area contributed by atoms with Crippen molar-refractivity contribution in [2.24, 2.45) is 11.7 Å². The third-order valence-corrected chi connectivity index (χ3v) is 8.35. The third-order valence-electron chi connectivity index (χ3n) is 8.35. The minimum absolute atomic E-state index is 0.0747. The van der Waals surface area contributed by atoms with Crippen molar-refractivity contribution < 1.29 is 23.8 Å². The fourth-order valence-corrected chi connectivity index (χ4v) is 5.74. The maximum atomic E-state index is 14.5. The van der Waals surface area contributed by atoms with Gasteiger partial charge in [0.25, 0.3) is 5.56 Å². The summed E-state index contributed by atoms with van der Waals surface area (Å²) in [5.41, 5.74) is 11.4. The number of amides is 1. The van der Waals surface area contributed by atoms with E-state index in [4.69, 9.17) is 15.5 Å². The summed E-state index contributed by atoms with van der Waals surface area (Å²) < 4.78 is 21.1. The number of carbonyl (C=O) groups is 2. The Balaban J connectivity index is 0.000000309. The summed E-state index contributed by atoms with van der Waals surface area (Å²) in [6.07, 6.45) is 2.05. The molecular weight excluding hydrogens is 551 g/mol. The van der Waals surface area contributed by atoms with E-state index in [-0.39, 0.29) is 41.4 Å². The van der Waals surface area contributed by atoms with Crippen molar-refractivity contribution in [2.75, 3.05) is 7.05 Å². The van der Waals surface area contributed by atoms with E-state index in [9.17, 15) is 23.9 Å². The fraction of sp³-hybridized carbons (Fsp3) is 0.515. The molecule has 0 spiro atoms. The molecule has 1 amide bonds. The Morgan fingerprint density at radius 2 is 1.81 bits per heavy atom. The highest BCUT2D eigenvalue weighted by Gasteiger charge is 2.35. The second-order valence-electron chi connectivity index (χ2n) is 10.5. The summed E-state index contributed by atoms with van der Waals surface area (Å²) in [4.78, 5) is 40.5. The van der Waals surface area contributed by atoms with Crippen LogP contribution in [0.25, 0.3) is 22.3 Å². The van der Waals surface area contributed by atoms with E-state index >= 15 is 0 Å². The maximum absolute atomic E-state index is 14.5. The molecule has 43 heavy (non-hydrogen) atoms. The Hall–Kier alpha value is -3.63. The molecule has 3 atom stereocenters. The maximum Gasteiger partial charge on any atom is 0.340 e. The van der Waals surface area contributed by atoms with Gasteiger partial charge in [0.05, 0.1) is 35.1 Å². The molecule has 234 valence electrons. The lowest BCUT2D eigenvalue weighted by atomic mass is 9.85. The third kappa shape index (κ3) is 6.08. The lowest BCUT2D eigenvalue weighted by molar-refractivity contribution is -0.157. The molecule has 0 saturated heterocycles. The van der Waals surface area contributed by atoms with Gasteiger partial charge in [-0.15, -0.1) is 0 Å². The van der Waals surface area contributed by atoms with Crippen molar-refractivity contribution >= 4 is 22.8 Å². The van der Waals surface area contributed by atoms with E-state index in [0.29, 0.717) is 34.6 Å². The minimum Gasteiger partial charge on any atom is -0.458 e. The van der Waals surface area contributed by atoms with E-state index in [1.165, 1.54) is 6.07 Å². The number of halogens is 1. The van der Waals surface area contributed by atoms with Gasteiger partial charge in [-0.3, -0.25) is 9.59 Å². The van der Waals surface area contributed by atoms with Gasteiger partial charge >= 0.3 is 5.97 Å². The Labute approximate surface area is 252 Å². The number of benzene rings is 1. The van der Waals surface area contributed by atoms with Gasteiger partial charge < -0.3 is 25.5 Å². The number of nitrogens with zero attached hydrogens (tertiary/aromatic N) is 2. The van der Waals surface area contributed by atoms with Crippen molar-refractivity contribution in [2.45, 2.75) is 99.4 Å². The zero-order valence-electron chi connectivity index (χ0n) is 26.6. The van der Waals surface area contributed by atoms with Crippen molar-refractivity contribution in [3.8, 4) is 11.4 Å². The van der Waals surface area contributed by atoms with Gasteiger partial charge in [0.1, 0.15) is 12.4 Å². The van der Waals surface area contributed by atoms with Gasteiger partial charge in [0, 0.05) is 29.6 Å². The molecule has 9 nitrogen and oxygen atoms in total. The molecule has 3 aliphatic rings. The molecule has 1 aliphatic carbocycles. The number of aliphatic hydroxyl groups is 1. The number of fused-ring (bicyclic) bond motifs is 5. The first-order valence-corrected chi connectivity index (χ1v) is 15.3. The molecule has 6 rings (SSSR count). The van der Waals surface area contributed by atoms with E-state index in [2.05, 4.69) is 5.32 Å². The van der Waals surface area contributed by atoms with Crippen LogP contribution in [-0.4, -0.2) is 39.6 Å². The molecule has 0 saturated carbocycles. The van der Waals surface area contributed by atoms with Gasteiger partial charge in [-0.25, -0.2) is 14.2 Å². The smallest absolute Gasteiger partial charge is 0.340 e. The van der Waals surface area contributed by atoms with Crippen molar-refractivity contribution in [1.29, 1.82) is 0 Å². The van der Waals surface area contributed by atoms with Crippen molar-refractivity contribution in [1.82, 2.24) is 14.9 Å². The Morgan fingerprint density at radius 3 is 2.44 bits per heavy atom. The van der Waals surface area contributed by atoms with Crippen LogP contribution in [0.5, 0.6) is 0 Å². The number of rotatable bonds is 3. The normalized spacial score (nSPS) is 16.8. The van der Waals surface area contributed by atoms with Crippen LogP contribution in [0.15, 0.2) is 16.9 Å². The molecule has 2 aliphatic heterocycles. The molecule has 3 unspecified atom stereocenters. The minimum atomic E-state index is -1.48. The second kappa shape index (κ2) is 14.2. The number of nitrogens with one attached hydrogen (secondary N) is 1. The number of aromatic nitrogens is 2. The first-order valence-electron chi connectivity index (χ1n) is 15.3. The van der Waals surface area contributed by atoms with Gasteiger partial charge in [-0.2, -0.15) is 0 Å². The van der Waals surface area contributed by atoms with Crippen LogP contribution >= 0.6 is 0 Å². The Kier molecular flexibility index (Phi) is 11.2. The monoisotopic (exact) mass is 596 g/mol. The van der Waals surface area contributed by atoms with Crippen LogP contribution in [0.1, 0.15) is 93.9 Å². The lowest BCUT2D eigenvalue weighted by Crippen LogP contribution is -2.43. The topological polar surface area (TPSA) is 137 Å². The van der Waals surface area contributed by atoms with Gasteiger partial charge in [-0.1, -0.05) is 48.0 Å². The summed E-state index contributed by atoms with van der Waals surface area (Å²) in [5.74, 6) is -0.843. The number of hydrogen-bond donors (Lipinski definition) is 3. The summed E-state index contributed by atoms with van der Waals surface area (Å²) >= 11 is 0. The SMILES string of the molecule is CC.CC.CCC(C)C(N)C(=O)NC.Cc1c(F)cc2nc3c(c4c2c1CCC4)Cn1c-3cc2c(c1=O)COC(=O)C2O. The summed E-state index contributed by atoms with van der Waals surface area (Å²) in [6, 6.07) is 2.78. The molecular formula is C33H45FN4O5. The van der Waals surface area contributed by atoms with E-state index < -0.39 is 12.1 Å². The predicted octanol–water partition coefficient (Wildman–Crippen LogP) is 4.61. The highest BCUT2D eigenvalue weighted by molar-refractivity contribution is 5.92. The van der Waals surface area contributed by atoms with E-state index in [1.54, 1.807) is 24.6 Å². The number of carbonyl (C=O) groups excluding carboxylic acids is 2. The Morgan fingerprint density at radius 1 is 1.16 bits per heavy atom. The van der Waals surface area contributed by atoms with Crippen molar-refractivity contribution in [3.63, 3.8) is 0 Å².